The highest BCUT2D eigenvalue weighted by molar-refractivity contribution is 5.09. The number of hydrogen-bond acceptors (Lipinski definition) is 1. The minimum absolute atomic E-state index is 0.0405. The SMILES string of the molecule is CC1(C)[C@H](O)[C@@H]2CC[C@@]1(C)C2. The second-order valence-electron chi connectivity index (χ2n) is 5.23. The first-order valence-corrected chi connectivity index (χ1v) is 4.65. The Bertz CT molecular complexity index is 183. The van der Waals surface area contributed by atoms with Crippen LogP contribution in [0.15, 0.2) is 0 Å². The molecule has 0 aromatic heterocycles. The summed E-state index contributed by atoms with van der Waals surface area (Å²) < 4.78 is 0. The quantitative estimate of drug-likeness (QED) is 0.567. The monoisotopic (exact) mass is 154 g/mol. The lowest BCUT2D eigenvalue weighted by Gasteiger charge is -2.42. The largest absolute Gasteiger partial charge is 0.392 e. The van der Waals surface area contributed by atoms with Crippen LogP contribution in [0.3, 0.4) is 0 Å². The fraction of sp³-hybridized carbons (Fsp3) is 1.00. The molecule has 11 heavy (non-hydrogen) atoms. The van der Waals surface area contributed by atoms with E-state index >= 15 is 0 Å². The molecule has 0 saturated heterocycles. The van der Waals surface area contributed by atoms with Crippen molar-refractivity contribution >= 4 is 0 Å². The van der Waals surface area contributed by atoms with Crippen LogP contribution in [0, 0.1) is 16.7 Å². The molecule has 0 aromatic carbocycles. The molecule has 0 spiro atoms. The second kappa shape index (κ2) is 1.82. The van der Waals surface area contributed by atoms with E-state index in [2.05, 4.69) is 20.8 Å². The van der Waals surface area contributed by atoms with Gasteiger partial charge in [0.25, 0.3) is 0 Å². The van der Waals surface area contributed by atoms with Gasteiger partial charge in [-0.3, -0.25) is 0 Å². The molecule has 64 valence electrons. The Morgan fingerprint density at radius 3 is 2.18 bits per heavy atom. The van der Waals surface area contributed by atoms with Gasteiger partial charge in [0.1, 0.15) is 0 Å². The first-order valence-electron chi connectivity index (χ1n) is 4.65. The minimum atomic E-state index is -0.0405. The molecule has 1 N–H and O–H groups in total. The standard InChI is InChI=1S/C10H18O/c1-9(2)8(11)7-4-5-10(9,3)6-7/h7-8,11H,4-6H2,1-3H3/t7-,8-,10+/m1/s1. The molecule has 1 nitrogen and oxygen atoms in total. The van der Waals surface area contributed by atoms with Gasteiger partial charge in [-0.2, -0.15) is 0 Å². The van der Waals surface area contributed by atoms with Crippen LogP contribution in [0.5, 0.6) is 0 Å². The van der Waals surface area contributed by atoms with E-state index < -0.39 is 0 Å². The lowest BCUT2D eigenvalue weighted by Crippen LogP contribution is -2.40. The van der Waals surface area contributed by atoms with Gasteiger partial charge < -0.3 is 5.11 Å². The van der Waals surface area contributed by atoms with Gasteiger partial charge in [0, 0.05) is 0 Å². The molecule has 0 radical (unpaired) electrons. The van der Waals surface area contributed by atoms with Gasteiger partial charge in [0.05, 0.1) is 6.10 Å². The smallest absolute Gasteiger partial charge is 0.0624 e. The zero-order valence-electron chi connectivity index (χ0n) is 7.72. The molecule has 0 heterocycles. The van der Waals surface area contributed by atoms with Gasteiger partial charge >= 0.3 is 0 Å². The van der Waals surface area contributed by atoms with Crippen LogP contribution >= 0.6 is 0 Å². The normalized spacial score (nSPS) is 53.5. The summed E-state index contributed by atoms with van der Waals surface area (Å²) >= 11 is 0. The number of aliphatic hydroxyl groups excluding tert-OH is 1. The van der Waals surface area contributed by atoms with Crippen molar-refractivity contribution < 1.29 is 5.11 Å². The topological polar surface area (TPSA) is 20.2 Å². The predicted molar refractivity (Wildman–Crippen MR) is 45.2 cm³/mol. The first-order chi connectivity index (χ1) is 4.97. The van der Waals surface area contributed by atoms with Crippen LogP contribution in [-0.2, 0) is 0 Å². The fourth-order valence-electron chi connectivity index (χ4n) is 3.09. The number of hydrogen-bond donors (Lipinski definition) is 1. The van der Waals surface area contributed by atoms with E-state index in [0.29, 0.717) is 11.3 Å². The predicted octanol–water partition coefficient (Wildman–Crippen LogP) is 2.19. The summed E-state index contributed by atoms with van der Waals surface area (Å²) in [6.07, 6.45) is 3.78. The third-order valence-electron chi connectivity index (χ3n) is 4.52. The van der Waals surface area contributed by atoms with E-state index in [0.717, 1.165) is 0 Å². The molecule has 2 aliphatic rings. The van der Waals surface area contributed by atoms with Crippen molar-refractivity contribution in [1.29, 1.82) is 0 Å². The molecular weight excluding hydrogens is 136 g/mol. The molecule has 3 atom stereocenters. The van der Waals surface area contributed by atoms with E-state index in [1.54, 1.807) is 0 Å². The van der Waals surface area contributed by atoms with Crippen molar-refractivity contribution in [3.05, 3.63) is 0 Å². The Hall–Kier alpha value is -0.0400. The van der Waals surface area contributed by atoms with Crippen molar-refractivity contribution in [2.45, 2.75) is 46.1 Å². The van der Waals surface area contributed by atoms with Gasteiger partial charge in [0.15, 0.2) is 0 Å². The van der Waals surface area contributed by atoms with Crippen LogP contribution in [0.2, 0.25) is 0 Å². The highest BCUT2D eigenvalue weighted by Gasteiger charge is 2.59. The molecule has 2 bridgehead atoms. The lowest BCUT2D eigenvalue weighted by molar-refractivity contribution is -0.0302. The van der Waals surface area contributed by atoms with Crippen LogP contribution in [0.1, 0.15) is 40.0 Å². The molecule has 0 aromatic rings. The Balaban J connectivity index is 2.36. The summed E-state index contributed by atoms with van der Waals surface area (Å²) in [5.74, 6) is 0.606. The van der Waals surface area contributed by atoms with Crippen molar-refractivity contribution in [2.75, 3.05) is 0 Å². The highest BCUT2D eigenvalue weighted by atomic mass is 16.3. The van der Waals surface area contributed by atoms with Crippen LogP contribution in [-0.4, -0.2) is 11.2 Å². The second-order valence-corrected chi connectivity index (χ2v) is 5.23. The third-order valence-corrected chi connectivity index (χ3v) is 4.52. The summed E-state index contributed by atoms with van der Waals surface area (Å²) in [5, 5.41) is 9.91. The average Bonchev–Trinajstić information content (AvgIpc) is 2.36. The summed E-state index contributed by atoms with van der Waals surface area (Å²) in [6.45, 7) is 6.77. The Morgan fingerprint density at radius 1 is 1.27 bits per heavy atom. The number of aliphatic hydroxyl groups is 1. The zero-order chi connectivity index (χ0) is 8.28. The van der Waals surface area contributed by atoms with Crippen molar-refractivity contribution in [3.8, 4) is 0 Å². The van der Waals surface area contributed by atoms with Crippen LogP contribution < -0.4 is 0 Å². The van der Waals surface area contributed by atoms with E-state index in [1.165, 1.54) is 19.3 Å². The van der Waals surface area contributed by atoms with Crippen LogP contribution in [0.25, 0.3) is 0 Å². The highest BCUT2D eigenvalue weighted by Crippen LogP contribution is 2.63. The molecule has 2 aliphatic carbocycles. The van der Waals surface area contributed by atoms with Gasteiger partial charge in [-0.1, -0.05) is 20.8 Å². The maximum atomic E-state index is 9.91. The van der Waals surface area contributed by atoms with Gasteiger partial charge in [0.2, 0.25) is 0 Å². The minimum Gasteiger partial charge on any atom is -0.392 e. The van der Waals surface area contributed by atoms with Gasteiger partial charge in [-0.05, 0) is 36.0 Å². The fourth-order valence-corrected chi connectivity index (χ4v) is 3.09. The van der Waals surface area contributed by atoms with E-state index in [4.69, 9.17) is 0 Å². The van der Waals surface area contributed by atoms with Crippen molar-refractivity contribution in [3.63, 3.8) is 0 Å². The average molecular weight is 154 g/mol. The molecule has 2 rings (SSSR count). The summed E-state index contributed by atoms with van der Waals surface area (Å²) in [4.78, 5) is 0. The molecule has 0 aliphatic heterocycles. The third kappa shape index (κ3) is 0.703. The van der Waals surface area contributed by atoms with E-state index in [1.807, 2.05) is 0 Å². The molecule has 2 saturated carbocycles. The van der Waals surface area contributed by atoms with E-state index in [9.17, 15) is 5.11 Å². The Labute approximate surface area is 68.8 Å². The molecule has 1 heteroatoms. The summed E-state index contributed by atoms with van der Waals surface area (Å²) in [5.41, 5.74) is 0.590. The zero-order valence-corrected chi connectivity index (χ0v) is 7.72. The Kier molecular flexibility index (Phi) is 1.26. The maximum Gasteiger partial charge on any atom is 0.0624 e. The maximum absolute atomic E-state index is 9.91. The first kappa shape index (κ1) is 7.60. The molecular formula is C10H18O. The van der Waals surface area contributed by atoms with Crippen molar-refractivity contribution in [1.82, 2.24) is 0 Å². The van der Waals surface area contributed by atoms with Crippen LogP contribution in [0.4, 0.5) is 0 Å². The van der Waals surface area contributed by atoms with Crippen molar-refractivity contribution in [2.24, 2.45) is 16.7 Å². The van der Waals surface area contributed by atoms with Gasteiger partial charge in [-0.15, -0.1) is 0 Å². The number of fused-ring (bicyclic) bond motifs is 2. The molecule has 0 unspecified atom stereocenters. The molecule has 2 fully saturated rings. The van der Waals surface area contributed by atoms with Gasteiger partial charge in [-0.25, -0.2) is 0 Å². The summed E-state index contributed by atoms with van der Waals surface area (Å²) in [7, 11) is 0. The molecule has 0 amide bonds. The Morgan fingerprint density at radius 2 is 1.91 bits per heavy atom. The summed E-state index contributed by atoms with van der Waals surface area (Å²) in [6, 6.07) is 0. The van der Waals surface area contributed by atoms with E-state index in [-0.39, 0.29) is 11.5 Å². The lowest BCUT2D eigenvalue weighted by atomic mass is 9.65. The number of rotatable bonds is 0.